The zero-order valence-corrected chi connectivity index (χ0v) is 16.3. The first-order valence-electron chi connectivity index (χ1n) is 8.36. The lowest BCUT2D eigenvalue weighted by Crippen LogP contribution is -2.11. The lowest BCUT2D eigenvalue weighted by molar-refractivity contribution is 0.424. The Bertz CT molecular complexity index is 1100. The molecule has 2 aromatic carbocycles. The van der Waals surface area contributed by atoms with E-state index in [4.69, 9.17) is 21.9 Å². The topological polar surface area (TPSA) is 113 Å². The number of aromatic nitrogens is 2. The highest BCUT2D eigenvalue weighted by Gasteiger charge is 2.15. The highest BCUT2D eigenvalue weighted by atomic mass is 32.2. The van der Waals surface area contributed by atoms with Crippen molar-refractivity contribution in [3.05, 3.63) is 71.8 Å². The van der Waals surface area contributed by atoms with Crippen LogP contribution in [0.3, 0.4) is 0 Å². The van der Waals surface area contributed by atoms with Crippen LogP contribution in [0.4, 0.5) is 10.1 Å². The largest absolute Gasteiger partial charge is 0.440 e. The van der Waals surface area contributed by atoms with Crippen LogP contribution in [0.1, 0.15) is 11.3 Å². The maximum absolute atomic E-state index is 13.8. The van der Waals surface area contributed by atoms with Gasteiger partial charge in [-0.3, -0.25) is 0 Å². The second-order valence-corrected chi connectivity index (χ2v) is 6.71. The minimum atomic E-state index is -0.483. The molecule has 0 fully saturated rings. The van der Waals surface area contributed by atoms with Crippen molar-refractivity contribution in [2.24, 2.45) is 11.5 Å². The molecule has 0 spiro atoms. The number of anilines is 1. The standard InChI is InChI=1S/C20H20FN5OS/c1-11-3-4-12-13(5-6-15(21)17(12)23)18(11)27-19(24)14(7-9-22)16-8-10-25-20(26-16)28-2/h3-10H,22-24H2,1-2H3/b9-7-,19-14-. The van der Waals surface area contributed by atoms with Crippen molar-refractivity contribution in [2.75, 3.05) is 12.0 Å². The number of fused-ring (bicyclic) bond motifs is 1. The molecule has 3 aromatic rings. The average Bonchev–Trinajstić information content (AvgIpc) is 2.70. The molecule has 8 heteroatoms. The summed E-state index contributed by atoms with van der Waals surface area (Å²) in [6, 6.07) is 8.20. The lowest BCUT2D eigenvalue weighted by atomic mass is 10.0. The smallest absolute Gasteiger partial charge is 0.200 e. The average molecular weight is 397 g/mol. The Labute approximate surface area is 166 Å². The van der Waals surface area contributed by atoms with Crippen LogP contribution >= 0.6 is 11.8 Å². The number of ether oxygens (including phenoxy) is 1. The monoisotopic (exact) mass is 397 g/mol. The van der Waals surface area contributed by atoms with Gasteiger partial charge in [0.2, 0.25) is 0 Å². The van der Waals surface area contributed by atoms with Gasteiger partial charge in [-0.1, -0.05) is 23.9 Å². The van der Waals surface area contributed by atoms with Gasteiger partial charge in [-0.05, 0) is 49.2 Å². The summed E-state index contributed by atoms with van der Waals surface area (Å²) in [7, 11) is 0. The Morgan fingerprint density at radius 2 is 1.93 bits per heavy atom. The molecule has 1 aromatic heterocycles. The zero-order chi connectivity index (χ0) is 20.3. The third kappa shape index (κ3) is 3.72. The molecule has 0 aliphatic heterocycles. The summed E-state index contributed by atoms with van der Waals surface area (Å²) in [5.74, 6) is 0.109. The molecule has 0 aliphatic carbocycles. The molecule has 3 rings (SSSR count). The summed E-state index contributed by atoms with van der Waals surface area (Å²) in [4.78, 5) is 8.60. The fraction of sp³-hybridized carbons (Fsp3) is 0.100. The number of rotatable bonds is 5. The van der Waals surface area contributed by atoms with E-state index >= 15 is 0 Å². The third-order valence-electron chi connectivity index (χ3n) is 4.17. The van der Waals surface area contributed by atoms with Crippen molar-refractivity contribution in [3.8, 4) is 5.75 Å². The van der Waals surface area contributed by atoms with Crippen LogP contribution in [0.5, 0.6) is 5.75 Å². The highest BCUT2D eigenvalue weighted by Crippen LogP contribution is 2.35. The van der Waals surface area contributed by atoms with E-state index in [2.05, 4.69) is 9.97 Å². The number of nitrogens with two attached hydrogens (primary N) is 3. The van der Waals surface area contributed by atoms with Gasteiger partial charge in [0, 0.05) is 17.0 Å². The number of nitrogens with zero attached hydrogens (tertiary/aromatic N) is 2. The molecule has 28 heavy (non-hydrogen) atoms. The van der Waals surface area contributed by atoms with Crippen LogP contribution in [0.2, 0.25) is 0 Å². The molecule has 0 atom stereocenters. The van der Waals surface area contributed by atoms with Gasteiger partial charge >= 0.3 is 0 Å². The second kappa shape index (κ2) is 8.18. The summed E-state index contributed by atoms with van der Waals surface area (Å²) >= 11 is 1.41. The number of hydrogen-bond acceptors (Lipinski definition) is 7. The predicted octanol–water partition coefficient (Wildman–Crippen LogP) is 3.56. The summed E-state index contributed by atoms with van der Waals surface area (Å²) in [6.07, 6.45) is 6.48. The Balaban J connectivity index is 2.14. The van der Waals surface area contributed by atoms with Gasteiger partial charge in [0.1, 0.15) is 11.6 Å². The molecule has 1 heterocycles. The molecule has 0 saturated heterocycles. The van der Waals surface area contributed by atoms with Crippen molar-refractivity contribution < 1.29 is 9.13 Å². The van der Waals surface area contributed by atoms with E-state index in [-0.39, 0.29) is 11.6 Å². The van der Waals surface area contributed by atoms with E-state index in [1.54, 1.807) is 36.5 Å². The van der Waals surface area contributed by atoms with Crippen molar-refractivity contribution in [3.63, 3.8) is 0 Å². The van der Waals surface area contributed by atoms with Gasteiger partial charge in [0.25, 0.3) is 0 Å². The van der Waals surface area contributed by atoms with Crippen LogP contribution in [0, 0.1) is 12.7 Å². The van der Waals surface area contributed by atoms with Crippen molar-refractivity contribution in [1.82, 2.24) is 9.97 Å². The van der Waals surface area contributed by atoms with Gasteiger partial charge < -0.3 is 21.9 Å². The van der Waals surface area contributed by atoms with Crippen LogP contribution in [0.15, 0.2) is 59.8 Å². The Hall–Kier alpha value is -3.26. The molecule has 0 amide bonds. The number of halogens is 1. The van der Waals surface area contributed by atoms with E-state index in [0.717, 1.165) is 5.56 Å². The number of benzene rings is 2. The number of hydrogen-bond donors (Lipinski definition) is 3. The fourth-order valence-electron chi connectivity index (χ4n) is 2.76. The van der Waals surface area contributed by atoms with Gasteiger partial charge in [-0.15, -0.1) is 0 Å². The Morgan fingerprint density at radius 1 is 1.18 bits per heavy atom. The number of allylic oxidation sites excluding steroid dienone is 2. The lowest BCUT2D eigenvalue weighted by Gasteiger charge is -2.15. The molecule has 0 radical (unpaired) electrons. The number of aryl methyl sites for hydroxylation is 1. The Kier molecular flexibility index (Phi) is 5.70. The summed E-state index contributed by atoms with van der Waals surface area (Å²) < 4.78 is 19.8. The SMILES string of the molecule is CSc1nccc(C(/C=C\N)=C(/N)Oc2c(C)ccc3c(N)c(F)ccc23)n1. The van der Waals surface area contributed by atoms with Crippen molar-refractivity contribution in [1.29, 1.82) is 0 Å². The van der Waals surface area contributed by atoms with E-state index < -0.39 is 5.82 Å². The fourth-order valence-corrected chi connectivity index (χ4v) is 3.12. The minimum Gasteiger partial charge on any atom is -0.440 e. The van der Waals surface area contributed by atoms with Gasteiger partial charge in [-0.2, -0.15) is 0 Å². The van der Waals surface area contributed by atoms with Gasteiger partial charge in [0.05, 0.1) is 17.0 Å². The van der Waals surface area contributed by atoms with Crippen LogP contribution in [-0.2, 0) is 0 Å². The third-order valence-corrected chi connectivity index (χ3v) is 4.73. The predicted molar refractivity (Wildman–Crippen MR) is 112 cm³/mol. The van der Waals surface area contributed by atoms with Crippen LogP contribution in [0.25, 0.3) is 16.3 Å². The summed E-state index contributed by atoms with van der Waals surface area (Å²) in [5.41, 5.74) is 19.7. The number of thioether (sulfide) groups is 1. The van der Waals surface area contributed by atoms with Crippen molar-refractivity contribution in [2.45, 2.75) is 12.1 Å². The molecule has 0 bridgehead atoms. The summed E-state index contributed by atoms with van der Waals surface area (Å²) in [6.45, 7) is 1.87. The van der Waals surface area contributed by atoms with Crippen molar-refractivity contribution >= 4 is 33.8 Å². The maximum atomic E-state index is 13.8. The van der Waals surface area contributed by atoms with Gasteiger partial charge in [0.15, 0.2) is 11.0 Å². The summed E-state index contributed by atoms with van der Waals surface area (Å²) in [5, 5.41) is 1.80. The molecule has 0 unspecified atom stereocenters. The van der Waals surface area contributed by atoms with E-state index in [1.807, 2.05) is 13.2 Å². The van der Waals surface area contributed by atoms with E-state index in [0.29, 0.717) is 32.9 Å². The second-order valence-electron chi connectivity index (χ2n) is 5.94. The van der Waals surface area contributed by atoms with E-state index in [1.165, 1.54) is 24.0 Å². The quantitative estimate of drug-likeness (QED) is 0.198. The van der Waals surface area contributed by atoms with E-state index in [9.17, 15) is 4.39 Å². The first-order chi connectivity index (χ1) is 13.5. The molecule has 6 N–H and O–H groups in total. The molecule has 6 nitrogen and oxygen atoms in total. The first kappa shape index (κ1) is 19.5. The zero-order valence-electron chi connectivity index (χ0n) is 15.4. The van der Waals surface area contributed by atoms with Crippen LogP contribution < -0.4 is 21.9 Å². The molecular formula is C20H20FN5OS. The van der Waals surface area contributed by atoms with Crippen LogP contribution in [-0.4, -0.2) is 16.2 Å². The maximum Gasteiger partial charge on any atom is 0.200 e. The first-order valence-corrected chi connectivity index (χ1v) is 9.59. The molecule has 0 saturated carbocycles. The molecule has 0 aliphatic rings. The normalized spacial score (nSPS) is 12.4. The molecule has 144 valence electrons. The van der Waals surface area contributed by atoms with Gasteiger partial charge in [-0.25, -0.2) is 14.4 Å². The molecular weight excluding hydrogens is 377 g/mol. The number of nitrogen functional groups attached to an aromatic ring is 1. The Morgan fingerprint density at radius 3 is 2.64 bits per heavy atom. The highest BCUT2D eigenvalue weighted by molar-refractivity contribution is 7.98. The minimum absolute atomic E-state index is 0.0624.